The van der Waals surface area contributed by atoms with E-state index in [-0.39, 0.29) is 5.84 Å². The normalized spacial score (nSPS) is 10.0. The van der Waals surface area contributed by atoms with E-state index in [1.54, 1.807) is 12.4 Å². The van der Waals surface area contributed by atoms with Gasteiger partial charge in [-0.3, -0.25) is 9.96 Å². The van der Waals surface area contributed by atoms with E-state index in [2.05, 4.69) is 9.97 Å². The zero-order valence-corrected chi connectivity index (χ0v) is 7.67. The second-order valence-corrected chi connectivity index (χ2v) is 3.55. The number of rotatable bonds is 1. The van der Waals surface area contributed by atoms with Crippen LogP contribution in [-0.4, -0.2) is 35.0 Å². The Morgan fingerprint density at radius 2 is 2.23 bits per heavy atom. The Kier molecular flexibility index (Phi) is 4.08. The fourth-order valence-corrected chi connectivity index (χ4v) is 0.413. The number of nitrogen functional groups attached to an aromatic ring is 1. The van der Waals surface area contributed by atoms with Gasteiger partial charge >= 0.3 is 0 Å². The first-order valence-electron chi connectivity index (χ1n) is 3.07. The van der Waals surface area contributed by atoms with Crippen LogP contribution in [0.2, 0.25) is 0 Å². The van der Waals surface area contributed by atoms with Gasteiger partial charge in [0.1, 0.15) is 0 Å². The monoisotopic (exact) mass is 206 g/mol. The summed E-state index contributed by atoms with van der Waals surface area (Å²) in [4.78, 5) is 6.39. The Morgan fingerprint density at radius 3 is 2.38 bits per heavy atom. The minimum atomic E-state index is -3.67. The van der Waals surface area contributed by atoms with Crippen LogP contribution in [-0.2, 0) is 10.1 Å². The maximum atomic E-state index is 9.19. The van der Waals surface area contributed by atoms with Crippen molar-refractivity contribution in [3.05, 3.63) is 18.2 Å². The Bertz CT molecular complexity index is 347. The van der Waals surface area contributed by atoms with E-state index in [0.717, 1.165) is 0 Å². The lowest BCUT2D eigenvalue weighted by molar-refractivity contribution is 0.490. The molecule has 0 aromatic carbocycles. The molecular weight excluding hydrogens is 196 g/mol. The molecule has 74 valence electrons. The van der Waals surface area contributed by atoms with Crippen molar-refractivity contribution >= 4 is 16.0 Å². The quantitative estimate of drug-likeness (QED) is 0.271. The predicted octanol–water partition coefficient (Wildman–Crippen LogP) is -0.802. The van der Waals surface area contributed by atoms with Crippen molar-refractivity contribution in [2.75, 3.05) is 6.26 Å². The number of hydrogen-bond acceptors (Lipinski definition) is 4. The summed E-state index contributed by atoms with van der Waals surface area (Å²) in [7, 11) is -3.67. The second kappa shape index (κ2) is 4.58. The third-order valence-electron chi connectivity index (χ3n) is 0.753. The molecule has 13 heavy (non-hydrogen) atoms. The van der Waals surface area contributed by atoms with Gasteiger partial charge in [-0.1, -0.05) is 0 Å². The van der Waals surface area contributed by atoms with Crippen LogP contribution < -0.4 is 5.73 Å². The molecule has 0 unspecified atom stereocenters. The smallest absolute Gasteiger partial charge is 0.261 e. The van der Waals surface area contributed by atoms with Crippen molar-refractivity contribution in [1.82, 2.24) is 9.97 Å². The lowest BCUT2D eigenvalue weighted by Crippen LogP contribution is -2.12. The molecule has 0 atom stereocenters. The summed E-state index contributed by atoms with van der Waals surface area (Å²) in [6.45, 7) is 0. The number of nitrogens with zero attached hydrogens (tertiary/aromatic N) is 1. The predicted molar refractivity (Wildman–Crippen MR) is 47.1 cm³/mol. The molecule has 0 aliphatic heterocycles. The van der Waals surface area contributed by atoms with Gasteiger partial charge in [-0.2, -0.15) is 8.42 Å². The Labute approximate surface area is 75.2 Å². The van der Waals surface area contributed by atoms with Crippen LogP contribution in [0.4, 0.5) is 0 Å². The molecule has 1 rings (SSSR count). The molecule has 0 fully saturated rings. The van der Waals surface area contributed by atoms with E-state index in [1.165, 1.54) is 0 Å². The van der Waals surface area contributed by atoms with Gasteiger partial charge in [0.2, 0.25) is 0 Å². The third-order valence-corrected chi connectivity index (χ3v) is 0.753. The summed E-state index contributed by atoms with van der Waals surface area (Å²) in [6, 6.07) is 0. The second-order valence-electron chi connectivity index (χ2n) is 2.08. The van der Waals surface area contributed by atoms with Crippen molar-refractivity contribution in [1.29, 1.82) is 5.41 Å². The number of hydrogen-bond donors (Lipinski definition) is 4. The van der Waals surface area contributed by atoms with E-state index in [0.29, 0.717) is 12.1 Å². The highest BCUT2D eigenvalue weighted by atomic mass is 32.2. The highest BCUT2D eigenvalue weighted by molar-refractivity contribution is 7.85. The van der Waals surface area contributed by atoms with Crippen molar-refractivity contribution < 1.29 is 13.0 Å². The van der Waals surface area contributed by atoms with Gasteiger partial charge in [-0.05, 0) is 0 Å². The van der Waals surface area contributed by atoms with Gasteiger partial charge in [0.05, 0.1) is 6.26 Å². The fraction of sp³-hybridized carbons (Fsp3) is 0.200. The zero-order chi connectivity index (χ0) is 10.5. The Hall–Kier alpha value is -1.41. The molecule has 5 N–H and O–H groups in total. The minimum Gasteiger partial charge on any atom is -0.381 e. The molecule has 8 heteroatoms. The summed E-state index contributed by atoms with van der Waals surface area (Å²) in [6.07, 6.45) is 3.89. The van der Waals surface area contributed by atoms with E-state index in [1.807, 2.05) is 0 Å². The third kappa shape index (κ3) is 8.50. The summed E-state index contributed by atoms with van der Waals surface area (Å²) in [5.74, 6) is 0.389. The van der Waals surface area contributed by atoms with Crippen molar-refractivity contribution in [2.45, 2.75) is 0 Å². The van der Waals surface area contributed by atoms with Gasteiger partial charge in [-0.15, -0.1) is 0 Å². The summed E-state index contributed by atoms with van der Waals surface area (Å²) in [5.41, 5.74) is 5.05. The van der Waals surface area contributed by atoms with Crippen LogP contribution in [0.15, 0.2) is 12.4 Å². The molecular formula is C5H10N4O3S. The fourth-order valence-electron chi connectivity index (χ4n) is 0.413. The number of imidazole rings is 1. The molecule has 1 aromatic heterocycles. The number of nitrogens with two attached hydrogens (primary N) is 1. The molecule has 0 radical (unpaired) electrons. The first-order valence-corrected chi connectivity index (χ1v) is 4.91. The lowest BCUT2D eigenvalue weighted by atomic mass is 10.6. The molecule has 1 heterocycles. The number of amidine groups is 1. The first kappa shape index (κ1) is 11.6. The van der Waals surface area contributed by atoms with Crippen molar-refractivity contribution in [3.8, 4) is 0 Å². The molecule has 0 amide bonds. The standard InChI is InChI=1S/C4H6N4.CH4O3S/c5-3(6)4-7-1-2-8-4;1-5(2,3)4/h1-2H,(H3,5,6)(H,7,8);1H3,(H,2,3,4). The SMILES string of the molecule is CS(=O)(=O)O.N=C(N)c1ncc[nH]1. The van der Waals surface area contributed by atoms with E-state index in [4.69, 9.17) is 15.7 Å². The van der Waals surface area contributed by atoms with Crippen LogP contribution in [0.5, 0.6) is 0 Å². The van der Waals surface area contributed by atoms with Crippen LogP contribution in [0.1, 0.15) is 5.82 Å². The molecule has 7 nitrogen and oxygen atoms in total. The molecule has 0 aliphatic carbocycles. The molecule has 0 saturated heterocycles. The van der Waals surface area contributed by atoms with Gasteiger partial charge in [0, 0.05) is 12.4 Å². The molecule has 1 aromatic rings. The lowest BCUT2D eigenvalue weighted by Gasteiger charge is -1.84. The van der Waals surface area contributed by atoms with Crippen molar-refractivity contribution in [2.24, 2.45) is 5.73 Å². The maximum absolute atomic E-state index is 9.19. The number of nitrogens with one attached hydrogen (secondary N) is 2. The zero-order valence-electron chi connectivity index (χ0n) is 6.85. The van der Waals surface area contributed by atoms with Crippen LogP contribution in [0, 0.1) is 5.41 Å². The molecule has 0 bridgehead atoms. The van der Waals surface area contributed by atoms with Gasteiger partial charge < -0.3 is 10.7 Å². The Balaban J connectivity index is 0.000000252. The Morgan fingerprint density at radius 1 is 1.77 bits per heavy atom. The van der Waals surface area contributed by atoms with E-state index < -0.39 is 10.1 Å². The summed E-state index contributed by atoms with van der Waals surface area (Å²) < 4.78 is 25.9. The van der Waals surface area contributed by atoms with E-state index in [9.17, 15) is 8.42 Å². The van der Waals surface area contributed by atoms with Crippen LogP contribution in [0.25, 0.3) is 0 Å². The van der Waals surface area contributed by atoms with E-state index >= 15 is 0 Å². The summed E-state index contributed by atoms with van der Waals surface area (Å²) >= 11 is 0. The minimum absolute atomic E-state index is 0.0324. The topological polar surface area (TPSA) is 133 Å². The van der Waals surface area contributed by atoms with Gasteiger partial charge in [0.25, 0.3) is 10.1 Å². The average Bonchev–Trinajstić information content (AvgIpc) is 2.31. The van der Waals surface area contributed by atoms with Gasteiger partial charge in [-0.25, -0.2) is 4.98 Å². The first-order chi connectivity index (χ1) is 5.80. The van der Waals surface area contributed by atoms with Crippen molar-refractivity contribution in [3.63, 3.8) is 0 Å². The highest BCUT2D eigenvalue weighted by Gasteiger charge is 1.92. The largest absolute Gasteiger partial charge is 0.381 e. The maximum Gasteiger partial charge on any atom is 0.261 e. The highest BCUT2D eigenvalue weighted by Crippen LogP contribution is 1.82. The van der Waals surface area contributed by atoms with Crippen LogP contribution in [0.3, 0.4) is 0 Å². The number of H-pyrrole nitrogens is 1. The summed E-state index contributed by atoms with van der Waals surface area (Å²) in [5, 5.41) is 6.84. The molecule has 0 saturated carbocycles. The average molecular weight is 206 g/mol. The number of aromatic nitrogens is 2. The van der Waals surface area contributed by atoms with Gasteiger partial charge in [0.15, 0.2) is 11.7 Å². The number of aromatic amines is 1. The van der Waals surface area contributed by atoms with Crippen LogP contribution >= 0.6 is 0 Å². The molecule has 0 spiro atoms. The molecule has 0 aliphatic rings.